The van der Waals surface area contributed by atoms with Crippen LogP contribution in [0.3, 0.4) is 0 Å². The van der Waals surface area contributed by atoms with Gasteiger partial charge in [-0.1, -0.05) is 18.2 Å². The van der Waals surface area contributed by atoms with E-state index in [-0.39, 0.29) is 36.3 Å². The van der Waals surface area contributed by atoms with Crippen LogP contribution in [0.4, 0.5) is 0 Å². The summed E-state index contributed by atoms with van der Waals surface area (Å²) in [5, 5.41) is 2.98. The molecule has 0 aliphatic carbocycles. The molecule has 2 heterocycles. The Kier molecular flexibility index (Phi) is 5.38. The summed E-state index contributed by atoms with van der Waals surface area (Å²) >= 11 is 0. The van der Waals surface area contributed by atoms with E-state index in [0.29, 0.717) is 36.6 Å². The lowest BCUT2D eigenvalue weighted by atomic mass is 10.1. The van der Waals surface area contributed by atoms with Gasteiger partial charge < -0.3 is 9.47 Å². The van der Waals surface area contributed by atoms with Crippen LogP contribution in [0, 0.1) is 0 Å². The molecule has 0 unspecified atom stereocenters. The van der Waals surface area contributed by atoms with E-state index in [4.69, 9.17) is 9.47 Å². The Labute approximate surface area is 174 Å². The van der Waals surface area contributed by atoms with E-state index in [1.807, 2.05) is 6.07 Å². The fourth-order valence-electron chi connectivity index (χ4n) is 3.57. The highest BCUT2D eigenvalue weighted by Gasteiger charge is 2.30. The van der Waals surface area contributed by atoms with Crippen LogP contribution in [-0.2, 0) is 32.3 Å². The molecule has 1 fully saturated rings. The van der Waals surface area contributed by atoms with Crippen LogP contribution < -0.4 is 9.47 Å². The van der Waals surface area contributed by atoms with E-state index in [1.165, 1.54) is 22.2 Å². The highest BCUT2D eigenvalue weighted by atomic mass is 32.2. The van der Waals surface area contributed by atoms with Gasteiger partial charge in [0.2, 0.25) is 18.6 Å². The number of sulfone groups is 1. The first-order valence-corrected chi connectivity index (χ1v) is 11.5. The van der Waals surface area contributed by atoms with E-state index >= 15 is 0 Å². The van der Waals surface area contributed by atoms with Gasteiger partial charge in [-0.25, -0.2) is 8.42 Å². The predicted molar refractivity (Wildman–Crippen MR) is 108 cm³/mol. The lowest BCUT2D eigenvalue weighted by Gasteiger charge is -2.28. The molecule has 0 spiro atoms. The van der Waals surface area contributed by atoms with Crippen molar-refractivity contribution in [2.24, 2.45) is 0 Å². The van der Waals surface area contributed by atoms with Crippen LogP contribution in [0.25, 0.3) is 0 Å². The molecule has 2 aliphatic heterocycles. The van der Waals surface area contributed by atoms with Crippen LogP contribution in [0.1, 0.15) is 17.5 Å². The molecule has 158 valence electrons. The van der Waals surface area contributed by atoms with Crippen LogP contribution >= 0.6 is 0 Å². The van der Waals surface area contributed by atoms with Crippen LogP contribution in [0.2, 0.25) is 0 Å². The van der Waals surface area contributed by atoms with Crippen LogP contribution in [-0.4, -0.2) is 56.4 Å². The van der Waals surface area contributed by atoms with Gasteiger partial charge in [-0.3, -0.25) is 19.6 Å². The molecule has 2 aliphatic rings. The maximum Gasteiger partial charge on any atom is 0.245 e. The zero-order valence-electron chi connectivity index (χ0n) is 16.5. The number of fused-ring (bicyclic) bond motifs is 1. The summed E-state index contributed by atoms with van der Waals surface area (Å²) in [5.74, 6) is 0.920. The van der Waals surface area contributed by atoms with Crippen molar-refractivity contribution in [3.8, 4) is 11.5 Å². The normalized spacial score (nSPS) is 15.5. The first kappa shape index (κ1) is 20.2. The molecule has 1 saturated heterocycles. The smallest absolute Gasteiger partial charge is 0.245 e. The van der Waals surface area contributed by atoms with Gasteiger partial charge in [0.05, 0.1) is 17.7 Å². The number of amides is 2. The third-order valence-corrected chi connectivity index (χ3v) is 6.23. The van der Waals surface area contributed by atoms with Crippen molar-refractivity contribution in [2.75, 3.05) is 26.1 Å². The average molecular weight is 430 g/mol. The molecule has 9 heteroatoms. The first-order chi connectivity index (χ1) is 14.3. The summed E-state index contributed by atoms with van der Waals surface area (Å²) in [4.78, 5) is 25.8. The van der Waals surface area contributed by atoms with Crippen molar-refractivity contribution >= 4 is 21.7 Å². The topological polar surface area (TPSA) is 93.2 Å². The summed E-state index contributed by atoms with van der Waals surface area (Å²) in [7, 11) is -3.28. The molecule has 2 aromatic rings. The second-order valence-electron chi connectivity index (χ2n) is 7.34. The average Bonchev–Trinajstić information content (AvgIpc) is 3.37. The van der Waals surface area contributed by atoms with Crippen molar-refractivity contribution in [3.05, 3.63) is 53.6 Å². The monoisotopic (exact) mass is 430 g/mol. The number of carbonyl (C=O) groups excluding carboxylic acids is 2. The van der Waals surface area contributed by atoms with Gasteiger partial charge in [-0.05, 0) is 41.8 Å². The molecule has 0 saturated carbocycles. The zero-order valence-corrected chi connectivity index (χ0v) is 17.4. The Morgan fingerprint density at radius 2 is 1.43 bits per heavy atom. The summed E-state index contributed by atoms with van der Waals surface area (Å²) in [6.07, 6.45) is 2.11. The zero-order chi connectivity index (χ0) is 21.3. The van der Waals surface area contributed by atoms with Gasteiger partial charge in [0.1, 0.15) is 0 Å². The fraction of sp³-hybridized carbons (Fsp3) is 0.333. The number of hydrogen-bond donors (Lipinski definition) is 0. The fourth-order valence-corrected chi connectivity index (χ4v) is 4.20. The third-order valence-electron chi connectivity index (χ3n) is 5.11. The molecule has 30 heavy (non-hydrogen) atoms. The van der Waals surface area contributed by atoms with E-state index in [1.54, 1.807) is 24.3 Å². The molecular formula is C21H22N2O6S. The maximum absolute atomic E-state index is 12.8. The molecule has 0 aromatic heterocycles. The number of hydrogen-bond acceptors (Lipinski definition) is 6. The molecule has 8 nitrogen and oxygen atoms in total. The number of ether oxygens (including phenoxy) is 2. The summed E-state index contributed by atoms with van der Waals surface area (Å²) in [6, 6.07) is 11.6. The van der Waals surface area contributed by atoms with Crippen molar-refractivity contribution < 1.29 is 27.5 Å². The summed E-state index contributed by atoms with van der Waals surface area (Å²) < 4.78 is 33.8. The highest BCUT2D eigenvalue weighted by Crippen LogP contribution is 2.32. The predicted octanol–water partition coefficient (Wildman–Crippen LogP) is 1.58. The van der Waals surface area contributed by atoms with Gasteiger partial charge in [0, 0.05) is 19.3 Å². The minimum atomic E-state index is -3.28. The summed E-state index contributed by atoms with van der Waals surface area (Å²) in [6.45, 7) is 1.14. The molecule has 0 atom stereocenters. The Bertz CT molecular complexity index is 1080. The van der Waals surface area contributed by atoms with E-state index in [9.17, 15) is 18.0 Å². The Morgan fingerprint density at radius 3 is 2.07 bits per heavy atom. The Morgan fingerprint density at radius 1 is 0.867 bits per heavy atom. The lowest BCUT2D eigenvalue weighted by molar-refractivity contribution is -0.157. The second-order valence-corrected chi connectivity index (χ2v) is 9.36. The molecular weight excluding hydrogens is 408 g/mol. The van der Waals surface area contributed by atoms with Gasteiger partial charge >= 0.3 is 0 Å². The quantitative estimate of drug-likeness (QED) is 0.715. The molecule has 4 rings (SSSR count). The minimum absolute atomic E-state index is 0.0951. The standard InChI is InChI=1S/C21H22N2O6S/c1-30(26,27)17-6-3-15(4-7-17)12-20(24)22-9-2-10-23(22)21(25)13-16-5-8-18-19(11-16)29-14-28-18/h3-8,11H,2,9-10,12-14H2,1H3. The van der Waals surface area contributed by atoms with Crippen molar-refractivity contribution in [2.45, 2.75) is 24.2 Å². The molecule has 2 amide bonds. The van der Waals surface area contributed by atoms with Gasteiger partial charge in [0.15, 0.2) is 21.3 Å². The summed E-state index contributed by atoms with van der Waals surface area (Å²) in [5.41, 5.74) is 1.49. The van der Waals surface area contributed by atoms with Crippen molar-refractivity contribution in [3.63, 3.8) is 0 Å². The van der Waals surface area contributed by atoms with Gasteiger partial charge in [0.25, 0.3) is 0 Å². The first-order valence-electron chi connectivity index (χ1n) is 9.59. The third kappa shape index (κ3) is 4.25. The highest BCUT2D eigenvalue weighted by molar-refractivity contribution is 7.90. The van der Waals surface area contributed by atoms with E-state index < -0.39 is 9.84 Å². The largest absolute Gasteiger partial charge is 0.454 e. The second kappa shape index (κ2) is 7.98. The van der Waals surface area contributed by atoms with Crippen molar-refractivity contribution in [1.82, 2.24) is 10.0 Å². The van der Waals surface area contributed by atoms with Gasteiger partial charge in [-0.15, -0.1) is 0 Å². The lowest BCUT2D eigenvalue weighted by Crippen LogP contribution is -2.46. The number of nitrogens with zero attached hydrogens (tertiary/aromatic N) is 2. The minimum Gasteiger partial charge on any atom is -0.454 e. The molecule has 0 radical (unpaired) electrons. The Hall–Kier alpha value is -3.07. The maximum atomic E-state index is 12.8. The van der Waals surface area contributed by atoms with E-state index in [0.717, 1.165) is 11.8 Å². The number of rotatable bonds is 5. The number of benzene rings is 2. The molecule has 0 bridgehead atoms. The number of hydrazine groups is 1. The van der Waals surface area contributed by atoms with Gasteiger partial charge in [-0.2, -0.15) is 0 Å². The molecule has 2 aromatic carbocycles. The van der Waals surface area contributed by atoms with Crippen LogP contribution in [0.5, 0.6) is 11.5 Å². The Balaban J connectivity index is 1.41. The van der Waals surface area contributed by atoms with Crippen molar-refractivity contribution in [1.29, 1.82) is 0 Å². The number of carbonyl (C=O) groups is 2. The molecule has 0 N–H and O–H groups in total. The SMILES string of the molecule is CS(=O)(=O)c1ccc(CC(=O)N2CCCN2C(=O)Cc2ccc3c(c2)OCO3)cc1. The van der Waals surface area contributed by atoms with Crippen LogP contribution in [0.15, 0.2) is 47.4 Å². The van der Waals surface area contributed by atoms with E-state index in [2.05, 4.69) is 0 Å².